The molecule has 2 aliphatic rings. The second-order valence-electron chi connectivity index (χ2n) is 11.8. The van der Waals surface area contributed by atoms with Gasteiger partial charge in [-0.1, -0.05) is 12.1 Å². The van der Waals surface area contributed by atoms with Crippen LogP contribution in [0.15, 0.2) is 48.8 Å². The average molecular weight is 626 g/mol. The Hall–Kier alpha value is -4.27. The summed E-state index contributed by atoms with van der Waals surface area (Å²) in [4.78, 5) is 28.1. The fourth-order valence-corrected chi connectivity index (χ4v) is 6.07. The zero-order valence-electron chi connectivity index (χ0n) is 25.0. The first-order chi connectivity index (χ1) is 21.5. The van der Waals surface area contributed by atoms with Crippen LogP contribution in [0.1, 0.15) is 29.3 Å². The Balaban J connectivity index is 1.19. The van der Waals surface area contributed by atoms with E-state index in [1.54, 1.807) is 18.5 Å². The van der Waals surface area contributed by atoms with E-state index in [4.69, 9.17) is 10.7 Å². The molecule has 0 radical (unpaired) electrons. The second kappa shape index (κ2) is 12.3. The van der Waals surface area contributed by atoms with E-state index in [1.165, 1.54) is 24.3 Å². The summed E-state index contributed by atoms with van der Waals surface area (Å²) >= 11 is 0. The molecule has 0 aliphatic carbocycles. The Morgan fingerprint density at radius 3 is 2.49 bits per heavy atom. The number of amides is 2. The van der Waals surface area contributed by atoms with Crippen molar-refractivity contribution in [2.45, 2.75) is 25.1 Å². The van der Waals surface area contributed by atoms with E-state index in [2.05, 4.69) is 25.4 Å². The summed E-state index contributed by atoms with van der Waals surface area (Å²) in [5.74, 6) is 0.499. The molecule has 2 fully saturated rings. The fourth-order valence-electron chi connectivity index (χ4n) is 6.07. The van der Waals surface area contributed by atoms with Gasteiger partial charge in [-0.15, -0.1) is 0 Å². The van der Waals surface area contributed by atoms with E-state index < -0.39 is 23.6 Å². The number of nitrogens with two attached hydrogens (primary N) is 1. The van der Waals surface area contributed by atoms with Crippen LogP contribution in [0.4, 0.5) is 39.5 Å². The largest absolute Gasteiger partial charge is 0.416 e. The van der Waals surface area contributed by atoms with Crippen molar-refractivity contribution in [3.63, 3.8) is 0 Å². The van der Waals surface area contributed by atoms with Gasteiger partial charge in [0.25, 0.3) is 0 Å². The molecule has 6 rings (SSSR count). The van der Waals surface area contributed by atoms with Gasteiger partial charge in [0.05, 0.1) is 11.3 Å². The minimum Gasteiger partial charge on any atom is -0.382 e. The summed E-state index contributed by atoms with van der Waals surface area (Å²) in [5.41, 5.74) is 6.81. The van der Waals surface area contributed by atoms with Crippen LogP contribution in [0, 0.1) is 5.82 Å². The third-order valence-corrected chi connectivity index (χ3v) is 8.52. The normalized spacial score (nSPS) is 18.5. The highest BCUT2D eigenvalue weighted by Gasteiger charge is 2.34. The number of piperazine rings is 1. The Morgan fingerprint density at radius 1 is 1.02 bits per heavy atom. The van der Waals surface area contributed by atoms with Crippen LogP contribution in [0.3, 0.4) is 0 Å². The predicted molar refractivity (Wildman–Crippen MR) is 165 cm³/mol. The number of hydrogen-bond acceptors (Lipinski definition) is 7. The lowest BCUT2D eigenvalue weighted by Crippen LogP contribution is -2.44. The van der Waals surface area contributed by atoms with Crippen molar-refractivity contribution in [1.29, 1.82) is 0 Å². The van der Waals surface area contributed by atoms with Crippen molar-refractivity contribution in [2.24, 2.45) is 0 Å². The molecule has 238 valence electrons. The maximum atomic E-state index is 15.3. The standard InChI is InChI=1S/C31H35F4N9O/c1-41-11-13-43(14-12-41)18-20-3-5-22(16-23(20)31(33,34)35)38-30(45)39-25-6-4-19(15-24(25)32)26-27-28(36)37-8-10-44(27)29(40-26)21-7-9-42(2)17-21/h3-6,8,10,15-16,21H,7,9,11-14,17-18H2,1-2H3,(H2,36,37)(H2,38,39,45). The van der Waals surface area contributed by atoms with Gasteiger partial charge in [-0.2, -0.15) is 13.2 Å². The lowest BCUT2D eigenvalue weighted by Gasteiger charge is -2.33. The molecule has 1 unspecified atom stereocenters. The van der Waals surface area contributed by atoms with Crippen LogP contribution in [0.25, 0.3) is 16.8 Å². The molecule has 0 spiro atoms. The zero-order chi connectivity index (χ0) is 31.9. The lowest BCUT2D eigenvalue weighted by atomic mass is 10.0. The number of carbonyl (C=O) groups excluding carboxylic acids is 1. The van der Waals surface area contributed by atoms with E-state index in [1.807, 2.05) is 23.4 Å². The summed E-state index contributed by atoms with van der Waals surface area (Å²) in [5, 5.41) is 4.80. The highest BCUT2D eigenvalue weighted by atomic mass is 19.4. The van der Waals surface area contributed by atoms with E-state index >= 15 is 4.39 Å². The Bertz CT molecular complexity index is 1720. The third-order valence-electron chi connectivity index (χ3n) is 8.52. The summed E-state index contributed by atoms with van der Waals surface area (Å²) < 4.78 is 59.1. The number of nitrogens with zero attached hydrogens (tertiary/aromatic N) is 6. The average Bonchev–Trinajstić information content (AvgIpc) is 3.60. The molecule has 2 aromatic carbocycles. The van der Waals surface area contributed by atoms with Crippen molar-refractivity contribution in [2.75, 3.05) is 69.7 Å². The quantitative estimate of drug-likeness (QED) is 0.261. The SMILES string of the molecule is CN1CCN(Cc2ccc(NC(=O)Nc3ccc(-c4nc(C5CCN(C)C5)n5ccnc(N)c45)cc3F)cc2C(F)(F)F)CC1. The maximum absolute atomic E-state index is 15.3. The number of nitrogens with one attached hydrogen (secondary N) is 2. The maximum Gasteiger partial charge on any atom is 0.416 e. The van der Waals surface area contributed by atoms with Gasteiger partial charge in [0.1, 0.15) is 28.7 Å². The van der Waals surface area contributed by atoms with Gasteiger partial charge in [-0.05, 0) is 56.9 Å². The lowest BCUT2D eigenvalue weighted by molar-refractivity contribution is -0.138. The monoisotopic (exact) mass is 625 g/mol. The van der Waals surface area contributed by atoms with E-state index in [-0.39, 0.29) is 35.2 Å². The molecule has 10 nitrogen and oxygen atoms in total. The summed E-state index contributed by atoms with van der Waals surface area (Å²) in [6.07, 6.45) is -0.300. The first kappa shape index (κ1) is 30.7. The van der Waals surface area contributed by atoms with Gasteiger partial charge in [-0.3, -0.25) is 9.30 Å². The number of likely N-dealkylation sites (N-methyl/N-ethyl adjacent to an activating group) is 2. The van der Waals surface area contributed by atoms with Crippen LogP contribution in [-0.4, -0.2) is 88.5 Å². The van der Waals surface area contributed by atoms with E-state index in [0.29, 0.717) is 29.9 Å². The molecular weight excluding hydrogens is 590 g/mol. The number of nitrogen functional groups attached to an aromatic ring is 1. The first-order valence-corrected chi connectivity index (χ1v) is 14.8. The van der Waals surface area contributed by atoms with Gasteiger partial charge in [0.15, 0.2) is 0 Å². The smallest absolute Gasteiger partial charge is 0.382 e. The van der Waals surface area contributed by atoms with Crippen LogP contribution in [0.2, 0.25) is 0 Å². The van der Waals surface area contributed by atoms with Crippen molar-refractivity contribution in [1.82, 2.24) is 29.1 Å². The molecule has 45 heavy (non-hydrogen) atoms. The van der Waals surface area contributed by atoms with Crippen LogP contribution in [-0.2, 0) is 12.7 Å². The molecule has 4 heterocycles. The number of rotatable bonds is 6. The molecule has 4 aromatic rings. The molecular formula is C31H35F4N9O. The number of urea groups is 1. The topological polar surface area (TPSA) is 107 Å². The minimum atomic E-state index is -4.61. The molecule has 2 aromatic heterocycles. The van der Waals surface area contributed by atoms with Crippen LogP contribution in [0.5, 0.6) is 0 Å². The number of aromatic nitrogens is 3. The number of alkyl halides is 3. The molecule has 14 heteroatoms. The molecule has 2 amide bonds. The highest BCUT2D eigenvalue weighted by Crippen LogP contribution is 2.36. The Labute approximate surface area is 257 Å². The van der Waals surface area contributed by atoms with Gasteiger partial charge in [-0.25, -0.2) is 19.2 Å². The molecule has 2 saturated heterocycles. The van der Waals surface area contributed by atoms with Gasteiger partial charge in [0.2, 0.25) is 0 Å². The van der Waals surface area contributed by atoms with Crippen molar-refractivity contribution < 1.29 is 22.4 Å². The Kier molecular flexibility index (Phi) is 8.37. The summed E-state index contributed by atoms with van der Waals surface area (Å²) in [6, 6.07) is 7.05. The minimum absolute atomic E-state index is 0.0588. The second-order valence-corrected chi connectivity index (χ2v) is 11.8. The summed E-state index contributed by atoms with van der Waals surface area (Å²) in [7, 11) is 4.02. The number of carbonyl (C=O) groups is 1. The van der Waals surface area contributed by atoms with Gasteiger partial charge < -0.3 is 26.2 Å². The molecule has 0 bridgehead atoms. The van der Waals surface area contributed by atoms with Crippen LogP contribution < -0.4 is 16.4 Å². The molecule has 0 saturated carbocycles. The number of likely N-dealkylation sites (tertiary alicyclic amines) is 1. The summed E-state index contributed by atoms with van der Waals surface area (Å²) in [6.45, 7) is 4.81. The first-order valence-electron chi connectivity index (χ1n) is 14.8. The van der Waals surface area contributed by atoms with Gasteiger partial charge >= 0.3 is 12.2 Å². The predicted octanol–water partition coefficient (Wildman–Crippen LogP) is 4.95. The number of imidazole rings is 1. The number of halogens is 4. The number of fused-ring (bicyclic) bond motifs is 1. The number of hydrogen-bond donors (Lipinski definition) is 3. The van der Waals surface area contributed by atoms with Crippen molar-refractivity contribution in [3.8, 4) is 11.3 Å². The zero-order valence-corrected chi connectivity index (χ0v) is 25.0. The number of benzene rings is 2. The Morgan fingerprint density at radius 2 is 1.80 bits per heavy atom. The van der Waals surface area contributed by atoms with E-state index in [9.17, 15) is 18.0 Å². The fraction of sp³-hybridized carbons (Fsp3) is 0.387. The van der Waals surface area contributed by atoms with Crippen molar-refractivity contribution >= 4 is 28.7 Å². The van der Waals surface area contributed by atoms with Crippen molar-refractivity contribution in [3.05, 3.63) is 71.6 Å². The van der Waals surface area contributed by atoms with Crippen LogP contribution >= 0.6 is 0 Å². The van der Waals surface area contributed by atoms with Gasteiger partial charge in [0, 0.05) is 68.8 Å². The molecule has 4 N–H and O–H groups in total. The number of anilines is 3. The highest BCUT2D eigenvalue weighted by molar-refractivity contribution is 6.00. The molecule has 1 atom stereocenters. The third kappa shape index (κ3) is 6.58. The van der Waals surface area contributed by atoms with E-state index in [0.717, 1.165) is 44.5 Å². The molecule has 2 aliphatic heterocycles.